The lowest BCUT2D eigenvalue weighted by Crippen LogP contribution is -2.30. The van der Waals surface area contributed by atoms with Crippen molar-refractivity contribution in [1.29, 1.82) is 0 Å². The topological polar surface area (TPSA) is 96.7 Å². The number of nitrogens with two attached hydrogens (primary N) is 1. The normalized spacial score (nSPS) is 19.8. The molecule has 31 heavy (non-hydrogen) atoms. The molecule has 10 heteroatoms. The largest absolute Gasteiger partial charge is 0.419 e. The van der Waals surface area contributed by atoms with Crippen LogP contribution in [-0.2, 0) is 10.7 Å². The molecule has 0 aliphatic heterocycles. The first kappa shape index (κ1) is 21.8. The molecule has 1 saturated carbocycles. The Hall–Kier alpha value is -2.38. The summed E-state index contributed by atoms with van der Waals surface area (Å²) in [6, 6.07) is 5.17. The van der Waals surface area contributed by atoms with Crippen LogP contribution >= 0.6 is 7.14 Å². The van der Waals surface area contributed by atoms with E-state index in [4.69, 9.17) is 5.73 Å². The minimum atomic E-state index is -4.62. The van der Waals surface area contributed by atoms with E-state index in [1.54, 1.807) is 31.5 Å². The van der Waals surface area contributed by atoms with Crippen LogP contribution in [0.2, 0.25) is 0 Å². The highest BCUT2D eigenvalue weighted by Crippen LogP contribution is 2.42. The number of nitrogens with one attached hydrogen (secondary N) is 2. The Bertz CT molecular complexity index is 1150. The maximum atomic E-state index is 13.8. The highest BCUT2D eigenvalue weighted by atomic mass is 31.2. The summed E-state index contributed by atoms with van der Waals surface area (Å²) in [6.07, 6.45) is 0.550. The van der Waals surface area contributed by atoms with E-state index in [-0.39, 0.29) is 23.6 Å². The standard InChI is InChI=1S/C21H25F3N5OP/c1-31(2,30)17-8-4-6-13-14(10-26-19(13)17)18-15(21(22,23)24)11-27-20(29-18)28-16-7-3-5-12(16)9-25/h4,6,8,10-12,16,26H,3,5,7,9,25H2,1-2H3,(H,27,28,29)/t12-,16+/m1/s1. The molecule has 1 fully saturated rings. The molecule has 166 valence electrons. The Labute approximate surface area is 178 Å². The lowest BCUT2D eigenvalue weighted by atomic mass is 10.0. The monoisotopic (exact) mass is 451 g/mol. The van der Waals surface area contributed by atoms with Crippen molar-refractivity contribution >= 4 is 29.3 Å². The number of H-pyrrole nitrogens is 1. The van der Waals surface area contributed by atoms with Crippen LogP contribution in [0, 0.1) is 5.92 Å². The summed E-state index contributed by atoms with van der Waals surface area (Å²) in [6.45, 7) is 3.77. The molecule has 3 aromatic rings. The molecule has 0 spiro atoms. The highest BCUT2D eigenvalue weighted by Gasteiger charge is 2.36. The summed E-state index contributed by atoms with van der Waals surface area (Å²) in [4.78, 5) is 11.2. The number of aromatic nitrogens is 3. The number of halogens is 3. The van der Waals surface area contributed by atoms with Gasteiger partial charge in [0.1, 0.15) is 12.7 Å². The number of hydrogen-bond donors (Lipinski definition) is 3. The first-order valence-corrected chi connectivity index (χ1v) is 12.8. The molecular weight excluding hydrogens is 426 g/mol. The number of hydrogen-bond acceptors (Lipinski definition) is 5. The van der Waals surface area contributed by atoms with Gasteiger partial charge in [-0.15, -0.1) is 0 Å². The quantitative estimate of drug-likeness (QED) is 0.499. The summed E-state index contributed by atoms with van der Waals surface area (Å²) in [5.41, 5.74) is 5.55. The number of benzene rings is 1. The van der Waals surface area contributed by atoms with Gasteiger partial charge in [-0.05, 0) is 44.7 Å². The van der Waals surface area contributed by atoms with Crippen molar-refractivity contribution in [2.24, 2.45) is 11.7 Å². The number of fused-ring (bicyclic) bond motifs is 1. The van der Waals surface area contributed by atoms with Crippen molar-refractivity contribution in [2.45, 2.75) is 31.5 Å². The van der Waals surface area contributed by atoms with Crippen molar-refractivity contribution in [3.8, 4) is 11.3 Å². The van der Waals surface area contributed by atoms with E-state index < -0.39 is 18.9 Å². The van der Waals surface area contributed by atoms with Gasteiger partial charge in [0.15, 0.2) is 0 Å². The lowest BCUT2D eigenvalue weighted by Gasteiger charge is -2.20. The van der Waals surface area contributed by atoms with Crippen molar-refractivity contribution < 1.29 is 17.7 Å². The number of rotatable bonds is 5. The fraction of sp³-hybridized carbons (Fsp3) is 0.429. The van der Waals surface area contributed by atoms with Gasteiger partial charge in [0.2, 0.25) is 5.95 Å². The zero-order valence-electron chi connectivity index (χ0n) is 17.3. The Morgan fingerprint density at radius 1 is 1.29 bits per heavy atom. The molecule has 0 saturated heterocycles. The molecule has 1 aliphatic carbocycles. The lowest BCUT2D eigenvalue weighted by molar-refractivity contribution is -0.137. The maximum Gasteiger partial charge on any atom is 0.419 e. The smallest absolute Gasteiger partial charge is 0.360 e. The average Bonchev–Trinajstić information content (AvgIpc) is 3.32. The molecule has 0 amide bonds. The second-order valence-corrected chi connectivity index (χ2v) is 11.6. The fourth-order valence-electron chi connectivity index (χ4n) is 4.32. The number of anilines is 1. The van der Waals surface area contributed by atoms with Gasteiger partial charge < -0.3 is 20.6 Å². The molecule has 4 rings (SSSR count). The maximum absolute atomic E-state index is 13.8. The molecule has 4 N–H and O–H groups in total. The Morgan fingerprint density at radius 2 is 2.06 bits per heavy atom. The Kier molecular flexibility index (Phi) is 5.60. The molecule has 0 unspecified atom stereocenters. The summed E-state index contributed by atoms with van der Waals surface area (Å²) in [7, 11) is -2.64. The second-order valence-electron chi connectivity index (χ2n) is 8.38. The number of aromatic amines is 1. The Morgan fingerprint density at radius 3 is 2.74 bits per heavy atom. The predicted octanol–water partition coefficient (Wildman–Crippen LogP) is 4.43. The van der Waals surface area contributed by atoms with Gasteiger partial charge in [-0.1, -0.05) is 18.6 Å². The van der Waals surface area contributed by atoms with Gasteiger partial charge >= 0.3 is 6.18 Å². The number of nitrogens with zero attached hydrogens (tertiary/aromatic N) is 2. The minimum Gasteiger partial charge on any atom is -0.360 e. The van der Waals surface area contributed by atoms with Crippen LogP contribution in [0.1, 0.15) is 24.8 Å². The van der Waals surface area contributed by atoms with E-state index in [0.717, 1.165) is 25.5 Å². The zero-order chi connectivity index (χ0) is 22.4. The van der Waals surface area contributed by atoms with E-state index >= 15 is 0 Å². The van der Waals surface area contributed by atoms with E-state index in [0.29, 0.717) is 28.3 Å². The second kappa shape index (κ2) is 7.95. The minimum absolute atomic E-state index is 0.0372. The third-order valence-electron chi connectivity index (χ3n) is 5.90. The van der Waals surface area contributed by atoms with Crippen molar-refractivity contribution in [3.63, 3.8) is 0 Å². The van der Waals surface area contributed by atoms with E-state index in [1.807, 2.05) is 0 Å². The van der Waals surface area contributed by atoms with E-state index in [1.165, 1.54) is 6.20 Å². The van der Waals surface area contributed by atoms with Crippen LogP contribution in [0.25, 0.3) is 22.2 Å². The van der Waals surface area contributed by atoms with Gasteiger partial charge in [-0.3, -0.25) is 0 Å². The van der Waals surface area contributed by atoms with Crippen LogP contribution < -0.4 is 16.4 Å². The fourth-order valence-corrected chi connectivity index (χ4v) is 5.49. The molecule has 1 aromatic carbocycles. The molecule has 2 aromatic heterocycles. The van der Waals surface area contributed by atoms with Crippen molar-refractivity contribution in [3.05, 3.63) is 36.2 Å². The third kappa shape index (κ3) is 4.21. The number of alkyl halides is 3. The van der Waals surface area contributed by atoms with Gasteiger partial charge in [-0.25, -0.2) is 9.97 Å². The predicted molar refractivity (Wildman–Crippen MR) is 117 cm³/mol. The average molecular weight is 451 g/mol. The highest BCUT2D eigenvalue weighted by molar-refractivity contribution is 7.70. The summed E-state index contributed by atoms with van der Waals surface area (Å²) < 4.78 is 54.0. The van der Waals surface area contributed by atoms with Gasteiger partial charge in [0, 0.05) is 34.7 Å². The van der Waals surface area contributed by atoms with Crippen molar-refractivity contribution in [1.82, 2.24) is 15.0 Å². The first-order chi connectivity index (χ1) is 14.6. The zero-order valence-corrected chi connectivity index (χ0v) is 18.2. The molecule has 0 bridgehead atoms. The summed E-state index contributed by atoms with van der Waals surface area (Å²) >= 11 is 0. The molecule has 0 radical (unpaired) electrons. The Balaban J connectivity index is 1.84. The number of para-hydroxylation sites is 1. The third-order valence-corrected chi connectivity index (χ3v) is 7.43. The SMILES string of the molecule is CP(C)(=O)c1cccc2c(-c3nc(N[C@H]4CCC[C@@H]4CN)ncc3C(F)(F)F)c[nH]c12. The molecule has 1 aliphatic rings. The van der Waals surface area contributed by atoms with Crippen LogP contribution in [-0.4, -0.2) is 40.9 Å². The first-order valence-electron chi connectivity index (χ1n) is 10.2. The molecule has 2 atom stereocenters. The van der Waals surface area contributed by atoms with E-state index in [9.17, 15) is 17.7 Å². The molecular formula is C21H25F3N5OP. The van der Waals surface area contributed by atoms with Crippen LogP contribution in [0.15, 0.2) is 30.6 Å². The van der Waals surface area contributed by atoms with Gasteiger partial charge in [0.05, 0.1) is 11.2 Å². The van der Waals surface area contributed by atoms with Gasteiger partial charge in [0.25, 0.3) is 0 Å². The summed E-state index contributed by atoms with van der Waals surface area (Å²) in [5.74, 6) is 0.392. The van der Waals surface area contributed by atoms with Crippen LogP contribution in [0.5, 0.6) is 0 Å². The summed E-state index contributed by atoms with van der Waals surface area (Å²) in [5, 5.41) is 4.31. The molecule has 6 nitrogen and oxygen atoms in total. The van der Waals surface area contributed by atoms with Crippen LogP contribution in [0.4, 0.5) is 19.1 Å². The molecule has 2 heterocycles. The van der Waals surface area contributed by atoms with Crippen LogP contribution in [0.3, 0.4) is 0 Å². The van der Waals surface area contributed by atoms with Gasteiger partial charge in [-0.2, -0.15) is 13.2 Å². The van der Waals surface area contributed by atoms with Crippen molar-refractivity contribution in [2.75, 3.05) is 25.2 Å². The van der Waals surface area contributed by atoms with E-state index in [2.05, 4.69) is 20.3 Å².